The van der Waals surface area contributed by atoms with Crippen molar-refractivity contribution in [2.24, 2.45) is 59.2 Å². The summed E-state index contributed by atoms with van der Waals surface area (Å²) in [6.07, 6.45) is 7.99. The Morgan fingerprint density at radius 2 is 1.43 bits per heavy atom. The fourth-order valence-corrected chi connectivity index (χ4v) is 8.80. The molecule has 6 fully saturated rings. The zero-order valence-electron chi connectivity index (χ0n) is 17.7. The molecule has 0 radical (unpaired) electrons. The molecule has 1 unspecified atom stereocenters. The summed E-state index contributed by atoms with van der Waals surface area (Å²) < 4.78 is 5.86. The van der Waals surface area contributed by atoms with Gasteiger partial charge in [0, 0.05) is 18.4 Å². The molecule has 6 aliphatic carbocycles. The van der Waals surface area contributed by atoms with Crippen LogP contribution in [-0.4, -0.2) is 18.4 Å². The van der Waals surface area contributed by atoms with Crippen LogP contribution in [0.2, 0.25) is 0 Å². The van der Waals surface area contributed by atoms with Gasteiger partial charge in [-0.2, -0.15) is 0 Å². The zero-order chi connectivity index (χ0) is 20.1. The first-order valence-corrected chi connectivity index (χ1v) is 12.2. The Hall–Kier alpha value is -1.78. The lowest BCUT2D eigenvalue weighted by Gasteiger charge is -2.19. The molecule has 6 aliphatic rings. The molecule has 1 aromatic rings. The number of carbonyl (C=O) groups is 2. The van der Waals surface area contributed by atoms with Crippen LogP contribution in [0.25, 0.3) is 0 Å². The molecule has 0 aromatic carbocycles. The van der Waals surface area contributed by atoms with Crippen molar-refractivity contribution < 1.29 is 14.0 Å². The zero-order valence-corrected chi connectivity index (χ0v) is 17.7. The highest BCUT2D eigenvalue weighted by Crippen LogP contribution is 2.70. The maximum atomic E-state index is 13.1. The minimum Gasteiger partial charge on any atom is -0.464 e. The molecular weight excluding hydrogens is 376 g/mol. The lowest BCUT2D eigenvalue weighted by atomic mass is 10.0. The van der Waals surface area contributed by atoms with E-state index in [1.54, 1.807) is 0 Å². The van der Waals surface area contributed by atoms with Crippen molar-refractivity contribution >= 4 is 11.8 Å². The number of rotatable bonds is 6. The van der Waals surface area contributed by atoms with E-state index in [0.29, 0.717) is 30.2 Å². The summed E-state index contributed by atoms with van der Waals surface area (Å²) in [6.45, 7) is 2.35. The smallest absolute Gasteiger partial charge is 0.224 e. The van der Waals surface area contributed by atoms with E-state index in [9.17, 15) is 9.59 Å². The average Bonchev–Trinajstić information content (AvgIpc) is 3.20. The van der Waals surface area contributed by atoms with Crippen LogP contribution in [0, 0.1) is 66.1 Å². The summed E-state index contributed by atoms with van der Waals surface area (Å²) in [5.41, 5.74) is 0. The topological polar surface area (TPSA) is 71.3 Å². The Morgan fingerprint density at radius 1 is 0.900 bits per heavy atom. The molecule has 7 rings (SSSR count). The number of fused-ring (bicyclic) bond motifs is 10. The number of amides is 2. The van der Waals surface area contributed by atoms with Crippen LogP contribution in [0.15, 0.2) is 16.5 Å². The quantitative estimate of drug-likeness (QED) is 0.757. The Labute approximate surface area is 177 Å². The maximum Gasteiger partial charge on any atom is 0.224 e. The van der Waals surface area contributed by atoms with E-state index >= 15 is 0 Å². The first-order valence-electron chi connectivity index (χ1n) is 12.2. The average molecular weight is 409 g/mol. The summed E-state index contributed by atoms with van der Waals surface area (Å²) >= 11 is 0. The Balaban J connectivity index is 1.02. The van der Waals surface area contributed by atoms with Crippen molar-refractivity contribution in [1.82, 2.24) is 10.6 Å². The monoisotopic (exact) mass is 408 g/mol. The van der Waals surface area contributed by atoms with E-state index in [-0.39, 0.29) is 29.7 Å². The van der Waals surface area contributed by atoms with E-state index in [2.05, 4.69) is 10.6 Å². The van der Waals surface area contributed by atoms with Crippen LogP contribution in [-0.2, 0) is 9.59 Å². The van der Waals surface area contributed by atoms with E-state index in [1.807, 2.05) is 19.1 Å². The van der Waals surface area contributed by atoms with Crippen LogP contribution in [0.3, 0.4) is 0 Å². The molecule has 0 saturated heterocycles. The maximum absolute atomic E-state index is 13.1. The second kappa shape index (κ2) is 6.14. The second-order valence-corrected chi connectivity index (χ2v) is 11.3. The molecule has 30 heavy (non-hydrogen) atoms. The van der Waals surface area contributed by atoms with Crippen molar-refractivity contribution in [3.8, 4) is 0 Å². The normalized spacial score (nSPS) is 47.0. The summed E-state index contributed by atoms with van der Waals surface area (Å²) in [6, 6.07) is 3.60. The van der Waals surface area contributed by atoms with Gasteiger partial charge in [-0.25, -0.2) is 0 Å². The minimum atomic E-state index is -0.274. The SMILES string of the molecule is Cc1ccc([C@H](CNC(=O)C2[C@@H]3[C@H]4CC[C@@H](C4)[C@@H]23)NC(=O)C2[C@@H]3[C@H]4CC[C@@H](C4)[C@H]23)o1. The number of carbonyl (C=O) groups excluding carboxylic acids is 2. The molecule has 1 aromatic heterocycles. The number of nitrogens with one attached hydrogen (secondary N) is 2. The molecule has 10 atom stereocenters. The van der Waals surface area contributed by atoms with Gasteiger partial charge in [0.2, 0.25) is 11.8 Å². The molecule has 4 bridgehead atoms. The van der Waals surface area contributed by atoms with Gasteiger partial charge in [0.15, 0.2) is 0 Å². The van der Waals surface area contributed by atoms with Gasteiger partial charge in [-0.05, 0) is 105 Å². The van der Waals surface area contributed by atoms with Gasteiger partial charge in [-0.3, -0.25) is 9.59 Å². The van der Waals surface area contributed by atoms with E-state index in [4.69, 9.17) is 4.42 Å². The van der Waals surface area contributed by atoms with Gasteiger partial charge in [-0.15, -0.1) is 0 Å². The Bertz CT molecular complexity index is 876. The van der Waals surface area contributed by atoms with Gasteiger partial charge >= 0.3 is 0 Å². The Morgan fingerprint density at radius 3 is 1.93 bits per heavy atom. The van der Waals surface area contributed by atoms with Gasteiger partial charge < -0.3 is 15.1 Å². The number of aryl methyl sites for hydroxylation is 1. The summed E-state index contributed by atoms with van der Waals surface area (Å²) in [4.78, 5) is 26.0. The van der Waals surface area contributed by atoms with Crippen molar-refractivity contribution in [2.45, 2.75) is 51.5 Å². The van der Waals surface area contributed by atoms with Crippen molar-refractivity contribution in [2.75, 3.05) is 6.54 Å². The largest absolute Gasteiger partial charge is 0.464 e. The molecule has 0 spiro atoms. The molecule has 5 heteroatoms. The van der Waals surface area contributed by atoms with E-state index in [0.717, 1.165) is 35.2 Å². The van der Waals surface area contributed by atoms with Crippen molar-refractivity contribution in [3.63, 3.8) is 0 Å². The summed E-state index contributed by atoms with van der Waals surface area (Å²) in [5, 5.41) is 6.43. The highest BCUT2D eigenvalue weighted by Gasteiger charge is 2.68. The van der Waals surface area contributed by atoms with Crippen LogP contribution >= 0.6 is 0 Å². The number of hydrogen-bond acceptors (Lipinski definition) is 3. The lowest BCUT2D eigenvalue weighted by Crippen LogP contribution is -2.40. The van der Waals surface area contributed by atoms with Gasteiger partial charge in [0.05, 0.1) is 0 Å². The molecule has 2 N–H and O–H groups in total. The predicted molar refractivity (Wildman–Crippen MR) is 110 cm³/mol. The van der Waals surface area contributed by atoms with E-state index in [1.165, 1.54) is 38.5 Å². The molecule has 0 aliphatic heterocycles. The first-order chi connectivity index (χ1) is 14.6. The van der Waals surface area contributed by atoms with Crippen LogP contribution < -0.4 is 10.6 Å². The number of furan rings is 1. The highest BCUT2D eigenvalue weighted by molar-refractivity contribution is 5.84. The number of hydrogen-bond donors (Lipinski definition) is 2. The molecule has 1 heterocycles. The van der Waals surface area contributed by atoms with Crippen LogP contribution in [0.1, 0.15) is 56.1 Å². The van der Waals surface area contributed by atoms with Gasteiger partial charge in [0.25, 0.3) is 0 Å². The fourth-order valence-electron chi connectivity index (χ4n) is 8.80. The molecule has 6 saturated carbocycles. The highest BCUT2D eigenvalue weighted by atomic mass is 16.3. The van der Waals surface area contributed by atoms with Crippen molar-refractivity contribution in [1.29, 1.82) is 0 Å². The van der Waals surface area contributed by atoms with Gasteiger partial charge in [-0.1, -0.05) is 0 Å². The second-order valence-electron chi connectivity index (χ2n) is 11.3. The minimum absolute atomic E-state index is 0.177. The predicted octanol–water partition coefficient (Wildman–Crippen LogP) is 3.45. The molecule has 5 nitrogen and oxygen atoms in total. The fraction of sp³-hybridized carbons (Fsp3) is 0.760. The molecule has 2 amide bonds. The molecular formula is C25H32N2O3. The van der Waals surface area contributed by atoms with E-state index < -0.39 is 0 Å². The standard InChI is InChI=1S/C25H32N2O3/c1-11-2-7-17(30-11)16(27-25(29)23-20-14-5-6-15(9-14)21(20)23)10-26-24(28)22-18-12-3-4-13(8-12)19(18)22/h2,7,12-16,18-23H,3-6,8-10H2,1H3,(H,26,28)(H,27,29)/t12-,13-,14-,15-,16-,18+,19+,20-,21+,23?/m0/s1. The van der Waals surface area contributed by atoms with Crippen LogP contribution in [0.4, 0.5) is 0 Å². The lowest BCUT2D eigenvalue weighted by molar-refractivity contribution is -0.126. The summed E-state index contributed by atoms with van der Waals surface area (Å²) in [5.74, 6) is 8.08. The Kier molecular flexibility index (Phi) is 3.65. The van der Waals surface area contributed by atoms with Gasteiger partial charge in [0.1, 0.15) is 17.6 Å². The third-order valence-electron chi connectivity index (χ3n) is 9.98. The van der Waals surface area contributed by atoms with Crippen LogP contribution in [0.5, 0.6) is 0 Å². The third kappa shape index (κ3) is 2.47. The van der Waals surface area contributed by atoms with Crippen molar-refractivity contribution in [3.05, 3.63) is 23.7 Å². The third-order valence-corrected chi connectivity index (χ3v) is 9.98. The first kappa shape index (κ1) is 17.9. The molecule has 160 valence electrons. The summed E-state index contributed by atoms with van der Waals surface area (Å²) in [7, 11) is 0.